The summed E-state index contributed by atoms with van der Waals surface area (Å²) in [6.45, 7) is 1.43. The molecular formula is C19H24N2O4. The lowest BCUT2D eigenvalue weighted by molar-refractivity contribution is -0.156. The van der Waals surface area contributed by atoms with Gasteiger partial charge in [0.15, 0.2) is 0 Å². The summed E-state index contributed by atoms with van der Waals surface area (Å²) in [6.07, 6.45) is 2.26. The number of carbonyl (C=O) groups is 2. The molecule has 6 nitrogen and oxygen atoms in total. The Hall–Kier alpha value is -2.39. The Morgan fingerprint density at radius 3 is 2.48 bits per heavy atom. The second-order valence-corrected chi connectivity index (χ2v) is 6.28. The summed E-state index contributed by atoms with van der Waals surface area (Å²) in [5, 5.41) is 7.32. The average molecular weight is 344 g/mol. The maximum Gasteiger partial charge on any atom is 0.338 e. The van der Waals surface area contributed by atoms with E-state index in [0.29, 0.717) is 18.0 Å². The maximum atomic E-state index is 12.3. The second kappa shape index (κ2) is 8.63. The van der Waals surface area contributed by atoms with Crippen molar-refractivity contribution in [3.63, 3.8) is 0 Å². The zero-order valence-corrected chi connectivity index (χ0v) is 14.8. The third-order valence-corrected chi connectivity index (χ3v) is 4.96. The molecule has 3 rings (SSSR count). The fourth-order valence-corrected chi connectivity index (χ4v) is 3.77. The molecule has 0 aliphatic carbocycles. The molecule has 2 fully saturated rings. The number of rotatable bonds is 3. The van der Waals surface area contributed by atoms with Gasteiger partial charge in [0.05, 0.1) is 18.7 Å². The van der Waals surface area contributed by atoms with E-state index in [0.717, 1.165) is 12.8 Å². The summed E-state index contributed by atoms with van der Waals surface area (Å²) in [7, 11) is 3.42. The van der Waals surface area contributed by atoms with E-state index in [1.54, 1.807) is 30.3 Å². The van der Waals surface area contributed by atoms with Gasteiger partial charge in [-0.05, 0) is 32.0 Å². The standard InChI is InChI=1S/C17H21NO4.C2H3N/c1-18-12-8-9-13(18)15(17(20)21-2)14(10-12)22-16(19)11-6-4-3-5-7-11;1-2-3/h3-7,12-15H,8-10H2,1-2H3;1H3/t12-,13+,14-,15+;/m0./s1. The van der Waals surface area contributed by atoms with Gasteiger partial charge in [-0.1, -0.05) is 18.2 Å². The van der Waals surface area contributed by atoms with Crippen molar-refractivity contribution >= 4 is 11.9 Å². The van der Waals surface area contributed by atoms with Gasteiger partial charge in [-0.2, -0.15) is 5.26 Å². The number of fused-ring (bicyclic) bond motifs is 2. The Kier molecular flexibility index (Phi) is 6.54. The van der Waals surface area contributed by atoms with Gasteiger partial charge < -0.3 is 9.47 Å². The summed E-state index contributed by atoms with van der Waals surface area (Å²) < 4.78 is 10.6. The normalized spacial score (nSPS) is 27.4. The van der Waals surface area contributed by atoms with Crippen LogP contribution in [0.25, 0.3) is 0 Å². The zero-order chi connectivity index (χ0) is 18.4. The van der Waals surface area contributed by atoms with Gasteiger partial charge in [-0.3, -0.25) is 9.69 Å². The van der Waals surface area contributed by atoms with Crippen LogP contribution in [0.2, 0.25) is 0 Å². The average Bonchev–Trinajstić information content (AvgIpc) is 2.86. The molecule has 2 aliphatic heterocycles. The molecule has 0 amide bonds. The van der Waals surface area contributed by atoms with Crippen LogP contribution in [0.4, 0.5) is 0 Å². The fourth-order valence-electron chi connectivity index (χ4n) is 3.77. The number of nitrogens with zero attached hydrogens (tertiary/aromatic N) is 2. The molecule has 1 aromatic rings. The van der Waals surface area contributed by atoms with Crippen LogP contribution in [-0.4, -0.2) is 49.2 Å². The molecule has 0 aromatic heterocycles. The van der Waals surface area contributed by atoms with Crippen LogP contribution in [0, 0.1) is 17.2 Å². The molecule has 6 heteroatoms. The monoisotopic (exact) mass is 344 g/mol. The molecule has 2 heterocycles. The lowest BCUT2D eigenvalue weighted by Crippen LogP contribution is -2.53. The highest BCUT2D eigenvalue weighted by Gasteiger charge is 2.50. The number of ether oxygens (including phenoxy) is 2. The highest BCUT2D eigenvalue weighted by Crippen LogP contribution is 2.40. The van der Waals surface area contributed by atoms with Crippen molar-refractivity contribution in [2.24, 2.45) is 5.92 Å². The fraction of sp³-hybridized carbons (Fsp3) is 0.526. The SMILES string of the molecule is CC#N.COC(=O)[C@H]1[C@@H](OC(=O)c2ccccc2)C[C@@H]2CC[C@H]1N2C. The van der Waals surface area contributed by atoms with Crippen molar-refractivity contribution in [1.29, 1.82) is 5.26 Å². The van der Waals surface area contributed by atoms with Crippen LogP contribution < -0.4 is 0 Å². The van der Waals surface area contributed by atoms with Gasteiger partial charge in [0.2, 0.25) is 0 Å². The molecule has 25 heavy (non-hydrogen) atoms. The minimum absolute atomic E-state index is 0.0970. The molecule has 4 atom stereocenters. The van der Waals surface area contributed by atoms with Crippen molar-refractivity contribution in [2.75, 3.05) is 14.2 Å². The summed E-state index contributed by atoms with van der Waals surface area (Å²) in [4.78, 5) is 26.7. The second-order valence-electron chi connectivity index (χ2n) is 6.28. The number of methoxy groups -OCH3 is 1. The van der Waals surface area contributed by atoms with Crippen LogP contribution in [0.1, 0.15) is 36.5 Å². The lowest BCUT2D eigenvalue weighted by Gasteiger charge is -2.40. The first kappa shape index (κ1) is 18.9. The van der Waals surface area contributed by atoms with Crippen LogP contribution >= 0.6 is 0 Å². The van der Waals surface area contributed by atoms with Crippen molar-refractivity contribution in [3.8, 4) is 6.07 Å². The Morgan fingerprint density at radius 2 is 1.88 bits per heavy atom. The van der Waals surface area contributed by atoms with Crippen LogP contribution in [0.3, 0.4) is 0 Å². The van der Waals surface area contributed by atoms with E-state index in [-0.39, 0.29) is 18.0 Å². The number of benzene rings is 1. The first-order valence-electron chi connectivity index (χ1n) is 8.40. The number of piperidine rings is 1. The molecule has 0 radical (unpaired) electrons. The van der Waals surface area contributed by atoms with E-state index in [1.807, 2.05) is 13.1 Å². The summed E-state index contributed by atoms with van der Waals surface area (Å²) in [5.41, 5.74) is 0.511. The molecule has 2 aliphatic rings. The summed E-state index contributed by atoms with van der Waals surface area (Å²) in [6, 6.07) is 11.1. The van der Waals surface area contributed by atoms with E-state index in [1.165, 1.54) is 14.0 Å². The molecule has 1 aromatic carbocycles. The Morgan fingerprint density at radius 1 is 1.24 bits per heavy atom. The largest absolute Gasteiger partial charge is 0.469 e. The molecule has 2 bridgehead atoms. The van der Waals surface area contributed by atoms with E-state index in [2.05, 4.69) is 4.90 Å². The van der Waals surface area contributed by atoms with Crippen LogP contribution in [-0.2, 0) is 14.3 Å². The zero-order valence-electron chi connectivity index (χ0n) is 14.8. The Labute approximate surface area is 148 Å². The highest BCUT2D eigenvalue weighted by atomic mass is 16.6. The number of hydrogen-bond acceptors (Lipinski definition) is 6. The molecule has 0 N–H and O–H groups in total. The Bertz CT molecular complexity index is 641. The molecule has 0 unspecified atom stereocenters. The first-order valence-corrected chi connectivity index (χ1v) is 8.40. The quantitative estimate of drug-likeness (QED) is 0.784. The molecule has 0 saturated carbocycles. The van der Waals surface area contributed by atoms with E-state index in [4.69, 9.17) is 14.7 Å². The number of hydrogen-bond donors (Lipinski definition) is 0. The van der Waals surface area contributed by atoms with Gasteiger partial charge in [0.25, 0.3) is 0 Å². The number of nitriles is 1. The van der Waals surface area contributed by atoms with Gasteiger partial charge in [-0.15, -0.1) is 0 Å². The van der Waals surface area contributed by atoms with Gasteiger partial charge in [0, 0.05) is 25.4 Å². The summed E-state index contributed by atoms with van der Waals surface area (Å²) >= 11 is 0. The van der Waals surface area contributed by atoms with Crippen molar-refractivity contribution in [2.45, 2.75) is 44.4 Å². The van der Waals surface area contributed by atoms with E-state index >= 15 is 0 Å². The van der Waals surface area contributed by atoms with Crippen molar-refractivity contribution in [1.82, 2.24) is 4.90 Å². The molecular weight excluding hydrogens is 320 g/mol. The predicted molar refractivity (Wildman–Crippen MR) is 91.6 cm³/mol. The van der Waals surface area contributed by atoms with Crippen molar-refractivity contribution < 1.29 is 19.1 Å². The minimum Gasteiger partial charge on any atom is -0.469 e. The molecule has 2 saturated heterocycles. The van der Waals surface area contributed by atoms with Crippen LogP contribution in [0.5, 0.6) is 0 Å². The van der Waals surface area contributed by atoms with Crippen LogP contribution in [0.15, 0.2) is 30.3 Å². The first-order chi connectivity index (χ1) is 12.0. The smallest absolute Gasteiger partial charge is 0.338 e. The van der Waals surface area contributed by atoms with Gasteiger partial charge in [0.1, 0.15) is 12.0 Å². The topological polar surface area (TPSA) is 79.6 Å². The number of esters is 2. The highest BCUT2D eigenvalue weighted by molar-refractivity contribution is 5.89. The third-order valence-electron chi connectivity index (χ3n) is 4.96. The van der Waals surface area contributed by atoms with Gasteiger partial charge in [-0.25, -0.2) is 4.79 Å². The predicted octanol–water partition coefficient (Wildman–Crippen LogP) is 2.40. The van der Waals surface area contributed by atoms with Crippen molar-refractivity contribution in [3.05, 3.63) is 35.9 Å². The molecule has 134 valence electrons. The minimum atomic E-state index is -0.408. The van der Waals surface area contributed by atoms with E-state index < -0.39 is 12.0 Å². The maximum absolute atomic E-state index is 12.3. The summed E-state index contributed by atoms with van der Waals surface area (Å²) in [5.74, 6) is -1.06. The van der Waals surface area contributed by atoms with Gasteiger partial charge >= 0.3 is 11.9 Å². The Balaban J connectivity index is 0.000000701. The molecule has 0 spiro atoms. The van der Waals surface area contributed by atoms with E-state index in [9.17, 15) is 9.59 Å². The third kappa shape index (κ3) is 4.18. The number of carbonyl (C=O) groups excluding carboxylic acids is 2. The lowest BCUT2D eigenvalue weighted by atomic mass is 9.87.